The van der Waals surface area contributed by atoms with E-state index in [9.17, 15) is 8.42 Å². The second-order valence-corrected chi connectivity index (χ2v) is 6.62. The molecule has 3 N–H and O–H groups in total. The minimum absolute atomic E-state index is 0.0269. The third kappa shape index (κ3) is 2.37. The number of furan rings is 1. The molecular weight excluding hydrogens is 280 g/mol. The highest BCUT2D eigenvalue weighted by Crippen LogP contribution is 2.33. The molecule has 0 aromatic carbocycles. The molecule has 8 heteroatoms. The number of rotatable bonds is 6. The summed E-state index contributed by atoms with van der Waals surface area (Å²) in [5, 5.41) is 6.42. The summed E-state index contributed by atoms with van der Waals surface area (Å²) in [6.07, 6.45) is 4.72. The summed E-state index contributed by atoms with van der Waals surface area (Å²) < 4.78 is 32.2. The van der Waals surface area contributed by atoms with Crippen molar-refractivity contribution in [1.29, 1.82) is 0 Å². The highest BCUT2D eigenvalue weighted by molar-refractivity contribution is 7.89. The first kappa shape index (κ1) is 13.3. The molecule has 0 spiro atoms. The average Bonchev–Trinajstić information content (AvgIpc) is 2.95. The summed E-state index contributed by atoms with van der Waals surface area (Å²) in [5.74, 6) is 0.620. The van der Waals surface area contributed by atoms with Gasteiger partial charge in [0.1, 0.15) is 5.76 Å². The largest absolute Gasteiger partial charge is 0.468 e. The van der Waals surface area contributed by atoms with Crippen LogP contribution in [0.1, 0.15) is 24.2 Å². The first-order valence-corrected chi connectivity index (χ1v) is 7.83. The second kappa shape index (κ2) is 5.04. The van der Waals surface area contributed by atoms with Crippen molar-refractivity contribution in [3.63, 3.8) is 0 Å². The van der Waals surface area contributed by atoms with E-state index < -0.39 is 10.0 Å². The van der Waals surface area contributed by atoms with E-state index in [2.05, 4.69) is 10.2 Å². The number of aromatic amines is 1. The number of hydrogen-bond donors (Lipinski definition) is 2. The van der Waals surface area contributed by atoms with Gasteiger partial charge in [0.05, 0.1) is 19.0 Å². The minimum Gasteiger partial charge on any atom is -0.468 e. The van der Waals surface area contributed by atoms with Gasteiger partial charge >= 0.3 is 0 Å². The van der Waals surface area contributed by atoms with Crippen LogP contribution in [0.15, 0.2) is 34.0 Å². The lowest BCUT2D eigenvalue weighted by Crippen LogP contribution is -2.33. The van der Waals surface area contributed by atoms with Crippen LogP contribution in [-0.2, 0) is 23.1 Å². The van der Waals surface area contributed by atoms with Gasteiger partial charge in [-0.05, 0) is 25.0 Å². The molecule has 0 saturated heterocycles. The number of nitrogens with two attached hydrogens (primary N) is 1. The van der Waals surface area contributed by atoms with Crippen LogP contribution in [0.25, 0.3) is 0 Å². The van der Waals surface area contributed by atoms with Gasteiger partial charge in [-0.25, -0.2) is 8.42 Å². The summed E-state index contributed by atoms with van der Waals surface area (Å²) in [5.41, 5.74) is 6.05. The van der Waals surface area contributed by atoms with Crippen molar-refractivity contribution in [2.45, 2.75) is 37.0 Å². The van der Waals surface area contributed by atoms with Gasteiger partial charge in [0.25, 0.3) is 10.0 Å². The molecule has 0 bridgehead atoms. The maximum Gasteiger partial charge on any atom is 0.260 e. The van der Waals surface area contributed by atoms with E-state index in [1.54, 1.807) is 12.1 Å². The van der Waals surface area contributed by atoms with Crippen LogP contribution in [0.2, 0.25) is 0 Å². The number of nitrogens with zero attached hydrogens (tertiary/aromatic N) is 2. The van der Waals surface area contributed by atoms with E-state index in [1.807, 2.05) is 0 Å². The first-order chi connectivity index (χ1) is 9.63. The van der Waals surface area contributed by atoms with Crippen molar-refractivity contribution in [1.82, 2.24) is 14.5 Å². The van der Waals surface area contributed by atoms with Gasteiger partial charge in [0.15, 0.2) is 5.03 Å². The monoisotopic (exact) mass is 296 g/mol. The number of hydrogen-bond acceptors (Lipinski definition) is 5. The van der Waals surface area contributed by atoms with Crippen LogP contribution in [0.3, 0.4) is 0 Å². The van der Waals surface area contributed by atoms with E-state index in [-0.39, 0.29) is 24.2 Å². The Morgan fingerprint density at radius 3 is 2.90 bits per heavy atom. The Morgan fingerprint density at radius 1 is 1.50 bits per heavy atom. The molecule has 3 rings (SSSR count). The maximum atomic E-state index is 12.7. The van der Waals surface area contributed by atoms with Crippen molar-refractivity contribution in [3.8, 4) is 0 Å². The second-order valence-electron chi connectivity index (χ2n) is 4.79. The molecule has 7 nitrogen and oxygen atoms in total. The van der Waals surface area contributed by atoms with Crippen LogP contribution in [0.4, 0.5) is 0 Å². The van der Waals surface area contributed by atoms with Crippen molar-refractivity contribution in [3.05, 3.63) is 35.9 Å². The van der Waals surface area contributed by atoms with Crippen molar-refractivity contribution >= 4 is 10.0 Å². The number of nitrogens with one attached hydrogen (secondary N) is 1. The Bertz CT molecular complexity index is 673. The van der Waals surface area contributed by atoms with Gasteiger partial charge in [-0.3, -0.25) is 5.10 Å². The lowest BCUT2D eigenvalue weighted by atomic mass is 10.4. The van der Waals surface area contributed by atoms with E-state index >= 15 is 0 Å². The number of sulfonamides is 1. The summed E-state index contributed by atoms with van der Waals surface area (Å²) in [6, 6.07) is 3.54. The van der Waals surface area contributed by atoms with Crippen LogP contribution < -0.4 is 5.73 Å². The lowest BCUT2D eigenvalue weighted by molar-refractivity contribution is 0.355. The molecule has 1 saturated carbocycles. The maximum absolute atomic E-state index is 12.7. The predicted molar refractivity (Wildman–Crippen MR) is 70.9 cm³/mol. The first-order valence-electron chi connectivity index (χ1n) is 6.39. The summed E-state index contributed by atoms with van der Waals surface area (Å²) in [7, 11) is -3.64. The molecule has 20 heavy (non-hydrogen) atoms. The number of H-pyrrole nitrogens is 1. The Hall–Kier alpha value is -1.64. The smallest absolute Gasteiger partial charge is 0.260 e. The molecule has 108 valence electrons. The molecule has 1 aliphatic carbocycles. The molecular formula is C12H16N4O3S. The average molecular weight is 296 g/mol. The topological polar surface area (TPSA) is 105 Å². The fraction of sp³-hybridized carbons (Fsp3) is 0.417. The fourth-order valence-electron chi connectivity index (χ4n) is 2.11. The molecule has 0 radical (unpaired) electrons. The van der Waals surface area contributed by atoms with Gasteiger partial charge in [0.2, 0.25) is 0 Å². The van der Waals surface area contributed by atoms with Crippen LogP contribution in [0, 0.1) is 0 Å². The summed E-state index contributed by atoms with van der Waals surface area (Å²) in [6.45, 7) is 0.355. The molecule has 1 aliphatic rings. The highest BCUT2D eigenvalue weighted by atomic mass is 32.2. The van der Waals surface area contributed by atoms with Crippen molar-refractivity contribution in [2.24, 2.45) is 5.73 Å². The number of aromatic nitrogens is 2. The van der Waals surface area contributed by atoms with Gasteiger partial charge in [-0.1, -0.05) is 0 Å². The zero-order chi connectivity index (χ0) is 14.2. The Labute approximate surface area is 116 Å². The van der Waals surface area contributed by atoms with Crippen molar-refractivity contribution < 1.29 is 12.8 Å². The van der Waals surface area contributed by atoms with Crippen LogP contribution in [0.5, 0.6) is 0 Å². The van der Waals surface area contributed by atoms with Gasteiger partial charge in [-0.2, -0.15) is 9.40 Å². The SMILES string of the molecule is NCc1cn[nH]c1S(=O)(=O)N(Cc1ccco1)C1CC1. The Morgan fingerprint density at radius 2 is 2.30 bits per heavy atom. The van der Waals surface area contributed by atoms with E-state index in [0.29, 0.717) is 11.3 Å². The molecule has 0 amide bonds. The van der Waals surface area contributed by atoms with Gasteiger partial charge in [0, 0.05) is 18.2 Å². The zero-order valence-electron chi connectivity index (χ0n) is 10.8. The molecule has 0 aliphatic heterocycles. The minimum atomic E-state index is -3.64. The van der Waals surface area contributed by atoms with E-state index in [4.69, 9.17) is 10.2 Å². The van der Waals surface area contributed by atoms with E-state index in [1.165, 1.54) is 16.8 Å². The fourth-order valence-corrected chi connectivity index (χ4v) is 3.88. The van der Waals surface area contributed by atoms with Crippen LogP contribution in [-0.4, -0.2) is 29.0 Å². The standard InChI is InChI=1S/C12H16N4O3S/c13-6-9-7-14-15-12(9)20(17,18)16(10-3-4-10)8-11-2-1-5-19-11/h1-2,5,7,10H,3-4,6,8,13H2,(H,14,15). The third-order valence-electron chi connectivity index (χ3n) is 3.31. The molecule has 0 atom stereocenters. The van der Waals surface area contributed by atoms with Crippen molar-refractivity contribution in [2.75, 3.05) is 0 Å². The lowest BCUT2D eigenvalue weighted by Gasteiger charge is -2.20. The molecule has 1 fully saturated rings. The van der Waals surface area contributed by atoms with Gasteiger partial charge in [-0.15, -0.1) is 0 Å². The molecule has 2 aromatic heterocycles. The summed E-state index contributed by atoms with van der Waals surface area (Å²) >= 11 is 0. The van der Waals surface area contributed by atoms with Gasteiger partial charge < -0.3 is 10.2 Å². The predicted octanol–water partition coefficient (Wildman–Crippen LogP) is 0.815. The molecule has 0 unspecified atom stereocenters. The van der Waals surface area contributed by atoms with Crippen LogP contribution >= 0.6 is 0 Å². The Balaban J connectivity index is 1.94. The summed E-state index contributed by atoms with van der Waals surface area (Å²) in [4.78, 5) is 0. The Kier molecular flexibility index (Phi) is 3.36. The highest BCUT2D eigenvalue weighted by Gasteiger charge is 2.40. The third-order valence-corrected chi connectivity index (χ3v) is 5.22. The molecule has 2 heterocycles. The quantitative estimate of drug-likeness (QED) is 0.820. The molecule has 2 aromatic rings. The zero-order valence-corrected chi connectivity index (χ0v) is 11.6. The normalized spacial score (nSPS) is 15.9. The van der Waals surface area contributed by atoms with E-state index in [0.717, 1.165) is 12.8 Å².